The van der Waals surface area contributed by atoms with E-state index in [1.165, 1.54) is 16.7 Å². The van der Waals surface area contributed by atoms with Gasteiger partial charge in [0.15, 0.2) is 0 Å². The zero-order chi connectivity index (χ0) is 15.5. The van der Waals surface area contributed by atoms with E-state index in [2.05, 4.69) is 29.6 Å². The number of benzene rings is 2. The first-order valence-electron chi connectivity index (χ1n) is 7.83. The van der Waals surface area contributed by atoms with Gasteiger partial charge in [0.1, 0.15) is 6.04 Å². The number of nitrogens with two attached hydrogens (primary N) is 1. The number of rotatable bonds is 4. The molecular weight excluding hydrogens is 308 g/mol. The highest BCUT2D eigenvalue weighted by Crippen LogP contribution is 2.32. The first-order valence-corrected chi connectivity index (χ1v) is 7.83. The van der Waals surface area contributed by atoms with Crippen LogP contribution >= 0.6 is 12.4 Å². The van der Waals surface area contributed by atoms with Gasteiger partial charge in [-0.3, -0.25) is 4.79 Å². The first-order chi connectivity index (χ1) is 10.6. The monoisotopic (exact) mass is 330 g/mol. The quantitative estimate of drug-likeness (QED) is 0.904. The Bertz CT molecular complexity index is 669. The molecule has 3 rings (SSSR count). The topological polar surface area (TPSA) is 55.1 Å². The second-order valence-electron chi connectivity index (χ2n) is 6.07. The van der Waals surface area contributed by atoms with Gasteiger partial charge in [0.25, 0.3) is 0 Å². The Labute approximate surface area is 143 Å². The Balaban J connectivity index is 0.00000192. The fourth-order valence-electron chi connectivity index (χ4n) is 3.12. The lowest BCUT2D eigenvalue weighted by molar-refractivity contribution is -0.122. The van der Waals surface area contributed by atoms with Crippen molar-refractivity contribution in [2.45, 2.75) is 31.7 Å². The molecule has 2 unspecified atom stereocenters. The maximum atomic E-state index is 12.3. The summed E-state index contributed by atoms with van der Waals surface area (Å²) in [5, 5.41) is 3.01. The third-order valence-corrected chi connectivity index (χ3v) is 4.50. The summed E-state index contributed by atoms with van der Waals surface area (Å²) in [7, 11) is 0. The van der Waals surface area contributed by atoms with E-state index in [0.717, 1.165) is 18.4 Å². The fourth-order valence-corrected chi connectivity index (χ4v) is 3.12. The smallest absolute Gasteiger partial charge is 0.241 e. The number of carbonyl (C=O) groups excluding carboxylic acids is 1. The van der Waals surface area contributed by atoms with Crippen LogP contribution in [0, 0.1) is 6.92 Å². The van der Waals surface area contributed by atoms with E-state index in [-0.39, 0.29) is 18.3 Å². The predicted octanol–water partition coefficient (Wildman–Crippen LogP) is 3.26. The number of nitrogens with one attached hydrogen (secondary N) is 1. The minimum atomic E-state index is -0.600. The van der Waals surface area contributed by atoms with Crippen molar-refractivity contribution in [1.82, 2.24) is 5.32 Å². The summed E-state index contributed by atoms with van der Waals surface area (Å²) in [6.07, 6.45) is 2.19. The third kappa shape index (κ3) is 3.92. The van der Waals surface area contributed by atoms with Crippen LogP contribution < -0.4 is 11.1 Å². The number of carbonyl (C=O) groups is 1. The van der Waals surface area contributed by atoms with Gasteiger partial charge in [0.05, 0.1) is 0 Å². The van der Waals surface area contributed by atoms with E-state index in [9.17, 15) is 4.79 Å². The van der Waals surface area contributed by atoms with Crippen molar-refractivity contribution in [3.8, 4) is 0 Å². The van der Waals surface area contributed by atoms with Crippen LogP contribution in [0.3, 0.4) is 0 Å². The Kier molecular flexibility index (Phi) is 5.80. The zero-order valence-corrected chi connectivity index (χ0v) is 14.1. The number of hydrogen-bond acceptors (Lipinski definition) is 2. The molecule has 0 saturated heterocycles. The summed E-state index contributed by atoms with van der Waals surface area (Å²) in [6, 6.07) is 15.7. The predicted molar refractivity (Wildman–Crippen MR) is 95.9 cm³/mol. The average Bonchev–Trinajstić information content (AvgIpc) is 2.96. The van der Waals surface area contributed by atoms with Gasteiger partial charge in [0, 0.05) is 12.5 Å². The van der Waals surface area contributed by atoms with Gasteiger partial charge in [-0.05, 0) is 36.5 Å². The molecule has 1 aliphatic carbocycles. The van der Waals surface area contributed by atoms with Crippen molar-refractivity contribution in [3.05, 3.63) is 70.8 Å². The SMILES string of the molecule is Cc1ccc(C(N)C(=O)NCC2CCc3ccccc32)cc1.Cl. The highest BCUT2D eigenvalue weighted by Gasteiger charge is 2.23. The third-order valence-electron chi connectivity index (χ3n) is 4.50. The van der Waals surface area contributed by atoms with Crippen molar-refractivity contribution in [1.29, 1.82) is 0 Å². The van der Waals surface area contributed by atoms with Crippen LogP contribution in [0.4, 0.5) is 0 Å². The molecule has 2 aromatic carbocycles. The van der Waals surface area contributed by atoms with Crippen molar-refractivity contribution in [2.75, 3.05) is 6.54 Å². The molecule has 0 radical (unpaired) electrons. The van der Waals surface area contributed by atoms with Crippen LogP contribution in [-0.4, -0.2) is 12.5 Å². The molecule has 0 spiro atoms. The van der Waals surface area contributed by atoms with Gasteiger partial charge in [-0.2, -0.15) is 0 Å². The maximum absolute atomic E-state index is 12.3. The van der Waals surface area contributed by atoms with Crippen molar-refractivity contribution < 1.29 is 4.79 Å². The second kappa shape index (κ2) is 7.62. The van der Waals surface area contributed by atoms with Crippen LogP contribution in [0.2, 0.25) is 0 Å². The van der Waals surface area contributed by atoms with Crippen LogP contribution in [0.5, 0.6) is 0 Å². The lowest BCUT2D eigenvalue weighted by Crippen LogP contribution is -2.36. The van der Waals surface area contributed by atoms with Crippen molar-refractivity contribution in [3.63, 3.8) is 0 Å². The Morgan fingerprint density at radius 3 is 2.65 bits per heavy atom. The zero-order valence-electron chi connectivity index (χ0n) is 13.3. The van der Waals surface area contributed by atoms with E-state index >= 15 is 0 Å². The molecule has 0 aromatic heterocycles. The number of aryl methyl sites for hydroxylation is 2. The average molecular weight is 331 g/mol. The molecule has 0 heterocycles. The van der Waals surface area contributed by atoms with Gasteiger partial charge in [-0.25, -0.2) is 0 Å². The minimum Gasteiger partial charge on any atom is -0.354 e. The second-order valence-corrected chi connectivity index (χ2v) is 6.07. The molecule has 3 nitrogen and oxygen atoms in total. The molecular formula is C19H23ClN2O. The van der Waals surface area contributed by atoms with E-state index in [0.29, 0.717) is 12.5 Å². The van der Waals surface area contributed by atoms with Crippen LogP contribution in [0.25, 0.3) is 0 Å². The largest absolute Gasteiger partial charge is 0.354 e. The molecule has 0 fully saturated rings. The summed E-state index contributed by atoms with van der Waals surface area (Å²) < 4.78 is 0. The Hall–Kier alpha value is -1.84. The number of hydrogen-bond donors (Lipinski definition) is 2. The van der Waals surface area contributed by atoms with E-state index in [4.69, 9.17) is 5.73 Å². The Morgan fingerprint density at radius 1 is 1.22 bits per heavy atom. The van der Waals surface area contributed by atoms with Crippen LogP contribution in [-0.2, 0) is 11.2 Å². The highest BCUT2D eigenvalue weighted by molar-refractivity contribution is 5.85. The minimum absolute atomic E-state index is 0. The molecule has 1 aliphatic rings. The fraction of sp³-hybridized carbons (Fsp3) is 0.316. The summed E-state index contributed by atoms with van der Waals surface area (Å²) in [5.41, 5.74) is 10.9. The molecule has 122 valence electrons. The van der Waals surface area contributed by atoms with Crippen molar-refractivity contribution >= 4 is 18.3 Å². The summed E-state index contributed by atoms with van der Waals surface area (Å²) in [5.74, 6) is 0.304. The number of amides is 1. The van der Waals surface area contributed by atoms with Gasteiger partial charge >= 0.3 is 0 Å². The normalized spacial score (nSPS) is 17.0. The van der Waals surface area contributed by atoms with Crippen LogP contribution in [0.1, 0.15) is 40.6 Å². The molecule has 0 aliphatic heterocycles. The first kappa shape index (κ1) is 17.5. The molecule has 2 atom stereocenters. The summed E-state index contributed by atoms with van der Waals surface area (Å²) in [4.78, 5) is 12.3. The highest BCUT2D eigenvalue weighted by atomic mass is 35.5. The summed E-state index contributed by atoms with van der Waals surface area (Å²) >= 11 is 0. The molecule has 23 heavy (non-hydrogen) atoms. The maximum Gasteiger partial charge on any atom is 0.241 e. The van der Waals surface area contributed by atoms with E-state index < -0.39 is 6.04 Å². The van der Waals surface area contributed by atoms with Gasteiger partial charge in [-0.15, -0.1) is 12.4 Å². The van der Waals surface area contributed by atoms with E-state index in [1.54, 1.807) is 0 Å². The van der Waals surface area contributed by atoms with Gasteiger partial charge < -0.3 is 11.1 Å². The lowest BCUT2D eigenvalue weighted by Gasteiger charge is -2.16. The Morgan fingerprint density at radius 2 is 1.91 bits per heavy atom. The van der Waals surface area contributed by atoms with Gasteiger partial charge in [-0.1, -0.05) is 54.1 Å². The molecule has 4 heteroatoms. The molecule has 2 aromatic rings. The van der Waals surface area contributed by atoms with Crippen LogP contribution in [0.15, 0.2) is 48.5 Å². The molecule has 0 saturated carbocycles. The molecule has 0 bridgehead atoms. The standard InChI is InChI=1S/C19H22N2O.ClH/c1-13-6-8-15(9-7-13)18(20)19(22)21-12-16-11-10-14-4-2-3-5-17(14)16;/h2-9,16,18H,10-12,20H2,1H3,(H,21,22);1H. The van der Waals surface area contributed by atoms with Gasteiger partial charge in [0.2, 0.25) is 5.91 Å². The lowest BCUT2D eigenvalue weighted by atomic mass is 10.0. The molecule has 3 N–H and O–H groups in total. The molecule has 1 amide bonds. The van der Waals surface area contributed by atoms with Crippen molar-refractivity contribution in [2.24, 2.45) is 5.73 Å². The number of fused-ring (bicyclic) bond motifs is 1. The summed E-state index contributed by atoms with van der Waals surface area (Å²) in [6.45, 7) is 2.68. The van der Waals surface area contributed by atoms with E-state index in [1.807, 2.05) is 31.2 Å². The number of halogens is 1.